The second-order valence-corrected chi connectivity index (χ2v) is 8.90. The van der Waals surface area contributed by atoms with Crippen molar-refractivity contribution in [1.82, 2.24) is 20.0 Å². The molecule has 2 aliphatic heterocycles. The van der Waals surface area contributed by atoms with E-state index in [0.717, 1.165) is 17.1 Å². The Morgan fingerprint density at radius 2 is 1.88 bits per heavy atom. The van der Waals surface area contributed by atoms with Crippen molar-refractivity contribution in [2.24, 2.45) is 5.92 Å². The van der Waals surface area contributed by atoms with Crippen LogP contribution in [0, 0.1) is 5.92 Å². The first kappa shape index (κ1) is 22.3. The van der Waals surface area contributed by atoms with Gasteiger partial charge in [-0.15, -0.1) is 0 Å². The first-order valence-corrected chi connectivity index (χ1v) is 11.8. The van der Waals surface area contributed by atoms with Crippen molar-refractivity contribution in [3.05, 3.63) is 53.5 Å². The fourth-order valence-corrected chi connectivity index (χ4v) is 4.50. The molecular formula is C24H25ClN6O3. The van der Waals surface area contributed by atoms with Gasteiger partial charge in [0.05, 0.1) is 5.92 Å². The van der Waals surface area contributed by atoms with Crippen LogP contribution in [0.25, 0.3) is 11.4 Å². The maximum absolute atomic E-state index is 13.1. The number of pyridine rings is 1. The molecule has 0 spiro atoms. The summed E-state index contributed by atoms with van der Waals surface area (Å²) in [5, 5.41) is 4.60. The molecular weight excluding hydrogens is 456 g/mol. The summed E-state index contributed by atoms with van der Waals surface area (Å²) in [6.07, 6.45) is 2.67. The summed E-state index contributed by atoms with van der Waals surface area (Å²) in [6.45, 7) is 4.92. The summed E-state index contributed by atoms with van der Waals surface area (Å²) < 4.78 is 5.17. The summed E-state index contributed by atoms with van der Waals surface area (Å²) in [4.78, 5) is 40.2. The number of piperazine rings is 1. The maximum atomic E-state index is 13.1. The van der Waals surface area contributed by atoms with E-state index in [4.69, 9.17) is 16.1 Å². The highest BCUT2D eigenvalue weighted by molar-refractivity contribution is 6.30. The molecule has 2 amide bonds. The largest absolute Gasteiger partial charge is 0.353 e. The molecule has 2 saturated heterocycles. The Kier molecular flexibility index (Phi) is 6.19. The van der Waals surface area contributed by atoms with Crippen LogP contribution in [0.15, 0.2) is 47.1 Å². The summed E-state index contributed by atoms with van der Waals surface area (Å²) in [7, 11) is 0. The Balaban J connectivity index is 1.17. The number of anilines is 2. The number of carbonyl (C=O) groups excluding carboxylic acids is 2. The van der Waals surface area contributed by atoms with Gasteiger partial charge in [0.15, 0.2) is 0 Å². The molecule has 0 radical (unpaired) electrons. The van der Waals surface area contributed by atoms with Gasteiger partial charge in [-0.1, -0.05) is 23.7 Å². The van der Waals surface area contributed by atoms with Crippen molar-refractivity contribution >= 4 is 34.9 Å². The second-order valence-electron chi connectivity index (χ2n) is 8.46. The summed E-state index contributed by atoms with van der Waals surface area (Å²) in [5.74, 6) is 1.66. The highest BCUT2D eigenvalue weighted by atomic mass is 35.5. The molecule has 2 aromatic heterocycles. The van der Waals surface area contributed by atoms with Crippen LogP contribution in [0.4, 0.5) is 11.5 Å². The predicted octanol–water partition coefficient (Wildman–Crippen LogP) is 3.05. The van der Waals surface area contributed by atoms with Crippen LogP contribution in [0.5, 0.6) is 0 Å². The monoisotopic (exact) mass is 480 g/mol. The predicted molar refractivity (Wildman–Crippen MR) is 128 cm³/mol. The van der Waals surface area contributed by atoms with E-state index in [2.05, 4.69) is 20.0 Å². The van der Waals surface area contributed by atoms with Crippen molar-refractivity contribution in [3.63, 3.8) is 0 Å². The third-order valence-corrected chi connectivity index (χ3v) is 6.56. The molecule has 1 atom stereocenters. The Labute approximate surface area is 202 Å². The average Bonchev–Trinajstić information content (AvgIpc) is 3.51. The highest BCUT2D eigenvalue weighted by Crippen LogP contribution is 2.28. The number of halogens is 1. The lowest BCUT2D eigenvalue weighted by molar-refractivity contribution is -0.136. The van der Waals surface area contributed by atoms with Gasteiger partial charge in [-0.25, -0.2) is 4.98 Å². The van der Waals surface area contributed by atoms with Crippen molar-refractivity contribution in [2.45, 2.75) is 19.8 Å². The molecule has 176 valence electrons. The van der Waals surface area contributed by atoms with Crippen molar-refractivity contribution in [2.75, 3.05) is 42.5 Å². The number of hydrogen-bond donors (Lipinski definition) is 0. The average molecular weight is 481 g/mol. The van der Waals surface area contributed by atoms with E-state index in [9.17, 15) is 9.59 Å². The van der Waals surface area contributed by atoms with Crippen LogP contribution in [0.1, 0.15) is 19.2 Å². The molecule has 4 heterocycles. The van der Waals surface area contributed by atoms with Crippen LogP contribution in [-0.2, 0) is 16.0 Å². The SMILES string of the molecule is CCc1nc(-c2ccc(N3CCN(C(=O)C4CC(=O)N(c5ccc(Cl)cc5)C4)CC3)nc2)no1. The molecule has 5 rings (SSSR count). The smallest absolute Gasteiger partial charge is 0.228 e. The molecule has 3 aromatic rings. The maximum Gasteiger partial charge on any atom is 0.228 e. The molecule has 1 unspecified atom stereocenters. The minimum Gasteiger partial charge on any atom is -0.353 e. The van der Waals surface area contributed by atoms with Crippen LogP contribution >= 0.6 is 11.6 Å². The van der Waals surface area contributed by atoms with Crippen LogP contribution < -0.4 is 9.80 Å². The molecule has 0 bridgehead atoms. The van der Waals surface area contributed by atoms with Crippen molar-refractivity contribution < 1.29 is 14.1 Å². The molecule has 1 aromatic carbocycles. The lowest BCUT2D eigenvalue weighted by atomic mass is 10.1. The lowest BCUT2D eigenvalue weighted by Gasteiger charge is -2.36. The van der Waals surface area contributed by atoms with Crippen molar-refractivity contribution in [1.29, 1.82) is 0 Å². The molecule has 10 heteroatoms. The third-order valence-electron chi connectivity index (χ3n) is 6.30. The number of aryl methyl sites for hydroxylation is 1. The molecule has 34 heavy (non-hydrogen) atoms. The number of hydrogen-bond acceptors (Lipinski definition) is 7. The van der Waals surface area contributed by atoms with Crippen molar-refractivity contribution in [3.8, 4) is 11.4 Å². The van der Waals surface area contributed by atoms with Gasteiger partial charge in [0.25, 0.3) is 0 Å². The van der Waals surface area contributed by atoms with E-state index >= 15 is 0 Å². The number of aromatic nitrogens is 3. The first-order valence-electron chi connectivity index (χ1n) is 11.4. The molecule has 2 fully saturated rings. The summed E-state index contributed by atoms with van der Waals surface area (Å²) >= 11 is 5.95. The van der Waals surface area contributed by atoms with E-state index in [0.29, 0.717) is 55.9 Å². The van der Waals surface area contributed by atoms with E-state index in [1.54, 1.807) is 23.2 Å². The molecule has 0 aliphatic carbocycles. The topological polar surface area (TPSA) is 95.7 Å². The Hall–Kier alpha value is -3.46. The fourth-order valence-electron chi connectivity index (χ4n) is 4.38. The van der Waals surface area contributed by atoms with E-state index < -0.39 is 0 Å². The minimum absolute atomic E-state index is 0.0312. The zero-order valence-corrected chi connectivity index (χ0v) is 19.6. The van der Waals surface area contributed by atoms with Crippen LogP contribution in [0.2, 0.25) is 5.02 Å². The molecule has 2 aliphatic rings. The first-order chi connectivity index (χ1) is 16.5. The van der Waals surface area contributed by atoms with Gasteiger partial charge in [-0.2, -0.15) is 4.98 Å². The third kappa shape index (κ3) is 4.48. The molecule has 0 saturated carbocycles. The van der Waals surface area contributed by atoms with Gasteiger partial charge in [-0.05, 0) is 36.4 Å². The molecule has 0 N–H and O–H groups in total. The van der Waals surface area contributed by atoms with E-state index in [1.165, 1.54) is 0 Å². The summed E-state index contributed by atoms with van der Waals surface area (Å²) in [6, 6.07) is 11.0. The van der Waals surface area contributed by atoms with Gasteiger partial charge >= 0.3 is 0 Å². The van der Waals surface area contributed by atoms with Gasteiger partial charge in [0, 0.05) is 68.0 Å². The molecule has 9 nitrogen and oxygen atoms in total. The van der Waals surface area contributed by atoms with Crippen LogP contribution in [-0.4, -0.2) is 64.6 Å². The number of carbonyl (C=O) groups is 2. The second kappa shape index (κ2) is 9.42. The zero-order chi connectivity index (χ0) is 23.7. The standard InChI is InChI=1S/C24H25ClN6O3/c1-2-21-27-23(28-34-21)16-3-8-20(26-14-16)29-9-11-30(12-10-29)24(33)17-13-22(32)31(15-17)19-6-4-18(25)5-7-19/h3-8,14,17H,2,9-13,15H2,1H3. The van der Waals surface area contributed by atoms with Gasteiger partial charge in [0.1, 0.15) is 5.82 Å². The highest BCUT2D eigenvalue weighted by Gasteiger charge is 2.38. The summed E-state index contributed by atoms with van der Waals surface area (Å²) in [5.41, 5.74) is 1.58. The van der Waals surface area contributed by atoms with Crippen LogP contribution in [0.3, 0.4) is 0 Å². The number of rotatable bonds is 5. The van der Waals surface area contributed by atoms with Gasteiger partial charge in [0.2, 0.25) is 23.5 Å². The normalized spacial score (nSPS) is 18.6. The number of nitrogens with zero attached hydrogens (tertiary/aromatic N) is 6. The fraction of sp³-hybridized carbons (Fsp3) is 0.375. The van der Waals surface area contributed by atoms with Gasteiger partial charge in [-0.3, -0.25) is 9.59 Å². The number of benzene rings is 1. The lowest BCUT2D eigenvalue weighted by Crippen LogP contribution is -2.51. The zero-order valence-electron chi connectivity index (χ0n) is 18.9. The van der Waals surface area contributed by atoms with E-state index in [1.807, 2.05) is 36.1 Å². The van der Waals surface area contributed by atoms with Gasteiger partial charge < -0.3 is 19.2 Å². The Bertz CT molecular complexity index is 1170. The Morgan fingerprint density at radius 3 is 2.53 bits per heavy atom. The minimum atomic E-state index is -0.324. The van der Waals surface area contributed by atoms with E-state index in [-0.39, 0.29) is 24.2 Å². The number of amides is 2. The quantitative estimate of drug-likeness (QED) is 0.553. The Morgan fingerprint density at radius 1 is 1.12 bits per heavy atom.